The zero-order chi connectivity index (χ0) is 11.8. The molecule has 0 N–H and O–H groups in total. The third-order valence-corrected chi connectivity index (χ3v) is 4.45. The molecule has 17 heavy (non-hydrogen) atoms. The van der Waals surface area contributed by atoms with Crippen LogP contribution in [0.4, 0.5) is 0 Å². The maximum absolute atomic E-state index is 11.9. The summed E-state index contributed by atoms with van der Waals surface area (Å²) in [6.07, 6.45) is 4.33. The van der Waals surface area contributed by atoms with Gasteiger partial charge in [-0.1, -0.05) is 12.1 Å². The summed E-state index contributed by atoms with van der Waals surface area (Å²) in [5.41, 5.74) is 1.32. The van der Waals surface area contributed by atoms with Gasteiger partial charge in [-0.05, 0) is 65.5 Å². The van der Waals surface area contributed by atoms with Gasteiger partial charge in [-0.15, -0.1) is 0 Å². The van der Waals surface area contributed by atoms with Gasteiger partial charge in [0.15, 0.2) is 0 Å². The first-order valence-corrected chi connectivity index (χ1v) is 7.38. The van der Waals surface area contributed by atoms with Gasteiger partial charge in [0.05, 0.1) is 6.04 Å². The third kappa shape index (κ3) is 2.34. The monoisotopic (exact) mass is 341 g/mol. The summed E-state index contributed by atoms with van der Waals surface area (Å²) in [6, 6.07) is 9.02. The molecule has 0 spiro atoms. The molecule has 1 saturated carbocycles. The lowest BCUT2D eigenvalue weighted by molar-refractivity contribution is -0.130. The molecule has 1 heterocycles. The second-order valence-corrected chi connectivity index (χ2v) is 6.27. The smallest absolute Gasteiger partial charge is 0.223 e. The predicted octanol–water partition coefficient (Wildman–Crippen LogP) is 3.36. The first-order valence-electron chi connectivity index (χ1n) is 6.30. The van der Waals surface area contributed by atoms with Crippen LogP contribution in [0.15, 0.2) is 24.3 Å². The molecule has 0 bridgehead atoms. The molecule has 1 unspecified atom stereocenters. The van der Waals surface area contributed by atoms with Crippen molar-refractivity contribution in [3.63, 3.8) is 0 Å². The van der Waals surface area contributed by atoms with Crippen LogP contribution in [0.2, 0.25) is 0 Å². The maximum Gasteiger partial charge on any atom is 0.223 e. The van der Waals surface area contributed by atoms with Gasteiger partial charge >= 0.3 is 0 Å². The van der Waals surface area contributed by atoms with E-state index in [4.69, 9.17) is 0 Å². The lowest BCUT2D eigenvalue weighted by atomic mass is 10.0. The van der Waals surface area contributed by atoms with E-state index in [1.54, 1.807) is 0 Å². The van der Waals surface area contributed by atoms with Gasteiger partial charge in [-0.3, -0.25) is 4.79 Å². The van der Waals surface area contributed by atoms with Crippen LogP contribution in [-0.4, -0.2) is 17.4 Å². The number of hydrogen-bond acceptors (Lipinski definition) is 1. The summed E-state index contributed by atoms with van der Waals surface area (Å²) in [4.78, 5) is 14.0. The van der Waals surface area contributed by atoms with Crippen molar-refractivity contribution >= 4 is 28.5 Å². The SMILES string of the molecule is O=C1CCCN1C(c1ccc(I)cc1)C1CC1. The van der Waals surface area contributed by atoms with Crippen molar-refractivity contribution in [2.75, 3.05) is 6.54 Å². The Hall–Kier alpha value is -0.580. The summed E-state index contributed by atoms with van der Waals surface area (Å²) in [5, 5.41) is 0. The predicted molar refractivity (Wildman–Crippen MR) is 75.6 cm³/mol. The minimum absolute atomic E-state index is 0.348. The van der Waals surface area contributed by atoms with Crippen LogP contribution in [0.25, 0.3) is 0 Å². The van der Waals surface area contributed by atoms with E-state index in [1.165, 1.54) is 22.0 Å². The van der Waals surface area contributed by atoms with E-state index in [9.17, 15) is 4.79 Å². The molecular weight excluding hydrogens is 325 g/mol. The quantitative estimate of drug-likeness (QED) is 0.772. The van der Waals surface area contributed by atoms with E-state index in [0.717, 1.165) is 19.4 Å². The summed E-state index contributed by atoms with van der Waals surface area (Å²) in [5.74, 6) is 1.05. The molecule has 1 aromatic carbocycles. The lowest BCUT2D eigenvalue weighted by Crippen LogP contribution is -2.31. The van der Waals surface area contributed by atoms with Gasteiger partial charge < -0.3 is 4.90 Å². The van der Waals surface area contributed by atoms with Crippen LogP contribution in [0.5, 0.6) is 0 Å². The summed E-state index contributed by atoms with van der Waals surface area (Å²) >= 11 is 2.32. The topological polar surface area (TPSA) is 20.3 Å². The van der Waals surface area contributed by atoms with Crippen molar-refractivity contribution in [3.05, 3.63) is 33.4 Å². The molecule has 0 radical (unpaired) electrons. The van der Waals surface area contributed by atoms with E-state index < -0.39 is 0 Å². The lowest BCUT2D eigenvalue weighted by Gasteiger charge is -2.28. The Morgan fingerprint density at radius 3 is 2.47 bits per heavy atom. The summed E-state index contributed by atoms with van der Waals surface area (Å²) < 4.78 is 1.26. The van der Waals surface area contributed by atoms with E-state index in [1.807, 2.05) is 0 Å². The van der Waals surface area contributed by atoms with Crippen molar-refractivity contribution in [2.45, 2.75) is 31.7 Å². The third-order valence-electron chi connectivity index (χ3n) is 3.73. The molecular formula is C14H16INO. The van der Waals surface area contributed by atoms with Crippen LogP contribution >= 0.6 is 22.6 Å². The number of rotatable bonds is 3. The molecule has 1 aliphatic heterocycles. The van der Waals surface area contributed by atoms with Crippen LogP contribution in [0.3, 0.4) is 0 Å². The molecule has 2 aliphatic rings. The molecule has 1 saturated heterocycles. The van der Waals surface area contributed by atoms with Gasteiger partial charge in [0.25, 0.3) is 0 Å². The van der Waals surface area contributed by atoms with E-state index >= 15 is 0 Å². The average molecular weight is 341 g/mol. The van der Waals surface area contributed by atoms with Gasteiger partial charge in [0, 0.05) is 16.5 Å². The fourth-order valence-electron chi connectivity index (χ4n) is 2.74. The van der Waals surface area contributed by atoms with Crippen molar-refractivity contribution < 1.29 is 4.79 Å². The van der Waals surface area contributed by atoms with Crippen molar-refractivity contribution in [1.29, 1.82) is 0 Å². The average Bonchev–Trinajstić information content (AvgIpc) is 3.06. The molecule has 3 rings (SSSR count). The first-order chi connectivity index (χ1) is 8.25. The standard InChI is InChI=1S/C14H16INO/c15-12-7-5-11(6-8-12)14(10-3-4-10)16-9-1-2-13(16)17/h5-8,10,14H,1-4,9H2. The Morgan fingerprint density at radius 1 is 1.24 bits per heavy atom. The van der Waals surface area contributed by atoms with Gasteiger partial charge in [0.1, 0.15) is 0 Å². The molecule has 1 atom stereocenters. The molecule has 0 aromatic heterocycles. The highest BCUT2D eigenvalue weighted by Gasteiger charge is 2.39. The number of benzene rings is 1. The fraction of sp³-hybridized carbons (Fsp3) is 0.500. The van der Waals surface area contributed by atoms with Crippen LogP contribution < -0.4 is 0 Å². The zero-order valence-electron chi connectivity index (χ0n) is 9.73. The minimum Gasteiger partial charge on any atom is -0.335 e. The zero-order valence-corrected chi connectivity index (χ0v) is 11.9. The van der Waals surface area contributed by atoms with Gasteiger partial charge in [-0.2, -0.15) is 0 Å². The Balaban J connectivity index is 1.89. The Bertz CT molecular complexity index is 424. The van der Waals surface area contributed by atoms with Crippen LogP contribution in [0, 0.1) is 9.49 Å². The van der Waals surface area contributed by atoms with E-state index in [0.29, 0.717) is 17.9 Å². The summed E-state index contributed by atoms with van der Waals surface area (Å²) in [7, 11) is 0. The van der Waals surface area contributed by atoms with E-state index in [-0.39, 0.29) is 0 Å². The van der Waals surface area contributed by atoms with Gasteiger partial charge in [0.2, 0.25) is 5.91 Å². The fourth-order valence-corrected chi connectivity index (χ4v) is 3.10. The molecule has 1 aliphatic carbocycles. The van der Waals surface area contributed by atoms with Crippen molar-refractivity contribution in [2.24, 2.45) is 5.92 Å². The van der Waals surface area contributed by atoms with Crippen LogP contribution in [-0.2, 0) is 4.79 Å². The highest BCUT2D eigenvalue weighted by atomic mass is 127. The number of nitrogens with zero attached hydrogens (tertiary/aromatic N) is 1. The number of carbonyl (C=O) groups is 1. The number of hydrogen-bond donors (Lipinski definition) is 0. The highest BCUT2D eigenvalue weighted by molar-refractivity contribution is 14.1. The number of halogens is 1. The summed E-state index contributed by atoms with van der Waals surface area (Å²) in [6.45, 7) is 0.950. The second-order valence-electron chi connectivity index (χ2n) is 5.02. The Labute approximate surface area is 116 Å². The normalized spacial score (nSPS) is 21.9. The van der Waals surface area contributed by atoms with E-state index in [2.05, 4.69) is 51.8 Å². The van der Waals surface area contributed by atoms with Crippen molar-refractivity contribution in [3.8, 4) is 0 Å². The van der Waals surface area contributed by atoms with Crippen LogP contribution in [0.1, 0.15) is 37.3 Å². The number of likely N-dealkylation sites (tertiary alicyclic amines) is 1. The maximum atomic E-state index is 11.9. The molecule has 2 fully saturated rings. The molecule has 2 nitrogen and oxygen atoms in total. The van der Waals surface area contributed by atoms with Crippen molar-refractivity contribution in [1.82, 2.24) is 4.90 Å². The molecule has 1 aromatic rings. The first kappa shape index (κ1) is 11.5. The van der Waals surface area contributed by atoms with Gasteiger partial charge in [-0.25, -0.2) is 0 Å². The molecule has 90 valence electrons. The minimum atomic E-state index is 0.348. The number of carbonyl (C=O) groups excluding carboxylic acids is 1. The second kappa shape index (κ2) is 4.59. The highest BCUT2D eigenvalue weighted by Crippen LogP contribution is 2.45. The Morgan fingerprint density at radius 2 is 1.94 bits per heavy atom. The Kier molecular flexibility index (Phi) is 3.11. The molecule has 3 heteroatoms. The number of amides is 1. The molecule has 1 amide bonds. The largest absolute Gasteiger partial charge is 0.335 e.